The first-order valence-corrected chi connectivity index (χ1v) is 7.48. The Bertz CT molecular complexity index is 663. The molecule has 1 heterocycles. The maximum absolute atomic E-state index is 14.0. The van der Waals surface area contributed by atoms with E-state index in [0.717, 1.165) is 6.42 Å². The third-order valence-electron chi connectivity index (χ3n) is 3.30. The monoisotopic (exact) mass is 324 g/mol. The van der Waals surface area contributed by atoms with Gasteiger partial charge in [0.05, 0.1) is 10.6 Å². The van der Waals surface area contributed by atoms with Crippen LogP contribution < -0.4 is 5.32 Å². The normalized spacial score (nSPS) is 11.0. The van der Waals surface area contributed by atoms with Crippen molar-refractivity contribution < 1.29 is 13.7 Å². The van der Waals surface area contributed by atoms with Gasteiger partial charge in [0.1, 0.15) is 22.8 Å². The molecule has 2 aromatic rings. The molecule has 0 saturated carbocycles. The standard InChI is InChI=1S/C16H18ClFN2O2/c1-9(2)7-8-19-16(21)13-10(3)22-20-15(13)14-11(17)5-4-6-12(14)18/h4-6,9H,7-8H2,1-3H3,(H,19,21). The van der Waals surface area contributed by atoms with Crippen LogP contribution in [-0.2, 0) is 0 Å². The van der Waals surface area contributed by atoms with Crippen LogP contribution in [0.5, 0.6) is 0 Å². The van der Waals surface area contributed by atoms with Crippen LogP contribution in [0.4, 0.5) is 4.39 Å². The number of benzene rings is 1. The van der Waals surface area contributed by atoms with Crippen LogP contribution in [0.2, 0.25) is 5.02 Å². The molecule has 0 saturated heterocycles. The highest BCUT2D eigenvalue weighted by Gasteiger charge is 2.25. The molecule has 0 unspecified atom stereocenters. The van der Waals surface area contributed by atoms with Crippen molar-refractivity contribution in [2.45, 2.75) is 27.2 Å². The molecule has 1 N–H and O–H groups in total. The summed E-state index contributed by atoms with van der Waals surface area (Å²) in [4.78, 5) is 12.3. The van der Waals surface area contributed by atoms with E-state index >= 15 is 0 Å². The van der Waals surface area contributed by atoms with E-state index in [4.69, 9.17) is 16.1 Å². The Morgan fingerprint density at radius 2 is 2.18 bits per heavy atom. The van der Waals surface area contributed by atoms with E-state index in [9.17, 15) is 9.18 Å². The zero-order valence-electron chi connectivity index (χ0n) is 12.7. The molecule has 0 atom stereocenters. The largest absolute Gasteiger partial charge is 0.360 e. The summed E-state index contributed by atoms with van der Waals surface area (Å²) in [6.07, 6.45) is 0.853. The highest BCUT2D eigenvalue weighted by Crippen LogP contribution is 2.33. The van der Waals surface area contributed by atoms with Crippen LogP contribution in [0, 0.1) is 18.7 Å². The molecular weight excluding hydrogens is 307 g/mol. The fourth-order valence-corrected chi connectivity index (χ4v) is 2.35. The molecule has 4 nitrogen and oxygen atoms in total. The number of halogens is 2. The third kappa shape index (κ3) is 3.47. The quantitative estimate of drug-likeness (QED) is 0.896. The van der Waals surface area contributed by atoms with E-state index in [1.54, 1.807) is 13.0 Å². The summed E-state index contributed by atoms with van der Waals surface area (Å²) < 4.78 is 19.1. The summed E-state index contributed by atoms with van der Waals surface area (Å²) in [6, 6.07) is 4.31. The molecule has 6 heteroatoms. The molecule has 0 fully saturated rings. The van der Waals surface area contributed by atoms with Gasteiger partial charge in [-0.15, -0.1) is 0 Å². The van der Waals surface area contributed by atoms with E-state index in [0.29, 0.717) is 18.2 Å². The van der Waals surface area contributed by atoms with Crippen molar-refractivity contribution in [1.29, 1.82) is 0 Å². The van der Waals surface area contributed by atoms with Crippen LogP contribution in [0.25, 0.3) is 11.3 Å². The highest BCUT2D eigenvalue weighted by molar-refractivity contribution is 6.33. The lowest BCUT2D eigenvalue weighted by Gasteiger charge is -2.08. The average Bonchev–Trinajstić information content (AvgIpc) is 2.80. The number of nitrogens with zero attached hydrogens (tertiary/aromatic N) is 1. The highest BCUT2D eigenvalue weighted by atomic mass is 35.5. The van der Waals surface area contributed by atoms with Gasteiger partial charge in [-0.3, -0.25) is 4.79 Å². The van der Waals surface area contributed by atoms with Crippen molar-refractivity contribution >= 4 is 17.5 Å². The summed E-state index contributed by atoms with van der Waals surface area (Å²) in [7, 11) is 0. The molecule has 1 aromatic carbocycles. The number of carbonyl (C=O) groups excluding carboxylic acids is 1. The number of hydrogen-bond acceptors (Lipinski definition) is 3. The summed E-state index contributed by atoms with van der Waals surface area (Å²) in [5, 5.41) is 6.80. The Kier molecular flexibility index (Phi) is 5.19. The Hall–Kier alpha value is -1.88. The third-order valence-corrected chi connectivity index (χ3v) is 3.61. The minimum absolute atomic E-state index is 0.0787. The Labute approximate surface area is 133 Å². The number of nitrogens with one attached hydrogen (secondary N) is 1. The van der Waals surface area contributed by atoms with Crippen molar-refractivity contribution in [3.8, 4) is 11.3 Å². The lowest BCUT2D eigenvalue weighted by atomic mass is 10.0. The Morgan fingerprint density at radius 1 is 1.45 bits per heavy atom. The van der Waals surface area contributed by atoms with E-state index in [2.05, 4.69) is 24.3 Å². The van der Waals surface area contributed by atoms with Gasteiger partial charge in [0, 0.05) is 6.54 Å². The number of hydrogen-bond donors (Lipinski definition) is 1. The molecule has 0 aliphatic heterocycles. The fourth-order valence-electron chi connectivity index (χ4n) is 2.10. The zero-order valence-corrected chi connectivity index (χ0v) is 13.5. The molecule has 0 radical (unpaired) electrons. The Morgan fingerprint density at radius 3 is 2.82 bits per heavy atom. The second-order valence-electron chi connectivity index (χ2n) is 5.50. The SMILES string of the molecule is Cc1onc(-c2c(F)cccc2Cl)c1C(=O)NCCC(C)C. The smallest absolute Gasteiger partial charge is 0.257 e. The number of rotatable bonds is 5. The molecule has 0 aliphatic carbocycles. The number of aryl methyl sites for hydroxylation is 1. The first kappa shape index (κ1) is 16.5. The summed E-state index contributed by atoms with van der Waals surface area (Å²) in [6.45, 7) is 6.29. The first-order chi connectivity index (χ1) is 10.4. The van der Waals surface area contributed by atoms with Crippen molar-refractivity contribution in [2.24, 2.45) is 5.92 Å². The van der Waals surface area contributed by atoms with Crippen LogP contribution >= 0.6 is 11.6 Å². The minimum Gasteiger partial charge on any atom is -0.360 e. The number of amides is 1. The zero-order chi connectivity index (χ0) is 16.3. The second-order valence-corrected chi connectivity index (χ2v) is 5.90. The molecule has 0 aliphatic rings. The fraction of sp³-hybridized carbons (Fsp3) is 0.375. The molecule has 118 valence electrons. The van der Waals surface area contributed by atoms with Crippen LogP contribution in [0.15, 0.2) is 22.7 Å². The van der Waals surface area contributed by atoms with Gasteiger partial charge in [0.2, 0.25) is 0 Å². The van der Waals surface area contributed by atoms with Crippen LogP contribution in [0.1, 0.15) is 36.4 Å². The van der Waals surface area contributed by atoms with Crippen molar-refractivity contribution in [1.82, 2.24) is 10.5 Å². The van der Waals surface area contributed by atoms with Gasteiger partial charge in [-0.1, -0.05) is 36.7 Å². The maximum Gasteiger partial charge on any atom is 0.257 e. The maximum atomic E-state index is 14.0. The molecule has 1 aromatic heterocycles. The summed E-state index contributed by atoms with van der Waals surface area (Å²) >= 11 is 6.04. The average molecular weight is 325 g/mol. The van der Waals surface area contributed by atoms with Gasteiger partial charge in [-0.05, 0) is 31.4 Å². The minimum atomic E-state index is -0.544. The summed E-state index contributed by atoms with van der Waals surface area (Å²) in [5.74, 6) is -0.0773. The van der Waals surface area contributed by atoms with E-state index in [1.165, 1.54) is 12.1 Å². The van der Waals surface area contributed by atoms with E-state index in [-0.39, 0.29) is 27.8 Å². The molecular formula is C16H18ClFN2O2. The van der Waals surface area contributed by atoms with E-state index in [1.807, 2.05) is 0 Å². The van der Waals surface area contributed by atoms with Gasteiger partial charge in [-0.2, -0.15) is 0 Å². The molecule has 22 heavy (non-hydrogen) atoms. The van der Waals surface area contributed by atoms with Crippen molar-refractivity contribution in [3.05, 3.63) is 40.4 Å². The van der Waals surface area contributed by atoms with Gasteiger partial charge in [-0.25, -0.2) is 4.39 Å². The van der Waals surface area contributed by atoms with Crippen LogP contribution in [-0.4, -0.2) is 17.6 Å². The van der Waals surface area contributed by atoms with Gasteiger partial charge in [0.15, 0.2) is 0 Å². The lowest BCUT2D eigenvalue weighted by molar-refractivity contribution is 0.0951. The first-order valence-electron chi connectivity index (χ1n) is 7.10. The number of carbonyl (C=O) groups is 1. The van der Waals surface area contributed by atoms with Crippen molar-refractivity contribution in [3.63, 3.8) is 0 Å². The predicted molar refractivity (Wildman–Crippen MR) is 83.4 cm³/mol. The summed E-state index contributed by atoms with van der Waals surface area (Å²) in [5.41, 5.74) is 0.424. The molecule has 0 bridgehead atoms. The van der Waals surface area contributed by atoms with Crippen LogP contribution in [0.3, 0.4) is 0 Å². The number of aromatic nitrogens is 1. The van der Waals surface area contributed by atoms with Gasteiger partial charge < -0.3 is 9.84 Å². The predicted octanol–water partition coefficient (Wildman–Crippen LogP) is 4.22. The molecule has 2 rings (SSSR count). The second kappa shape index (κ2) is 6.92. The van der Waals surface area contributed by atoms with Gasteiger partial charge >= 0.3 is 0 Å². The topological polar surface area (TPSA) is 55.1 Å². The molecule has 0 spiro atoms. The molecule has 1 amide bonds. The van der Waals surface area contributed by atoms with E-state index < -0.39 is 5.82 Å². The van der Waals surface area contributed by atoms with Gasteiger partial charge in [0.25, 0.3) is 5.91 Å². The Balaban J connectivity index is 2.34. The van der Waals surface area contributed by atoms with Crippen molar-refractivity contribution in [2.75, 3.05) is 6.54 Å². The lowest BCUT2D eigenvalue weighted by Crippen LogP contribution is -2.26.